The van der Waals surface area contributed by atoms with Gasteiger partial charge in [-0.05, 0) is 110 Å². The summed E-state index contributed by atoms with van der Waals surface area (Å²) in [5, 5.41) is 0. The van der Waals surface area contributed by atoms with Crippen molar-refractivity contribution < 1.29 is 17.9 Å². The molecule has 2 aliphatic rings. The van der Waals surface area contributed by atoms with Gasteiger partial charge in [0, 0.05) is 61.7 Å². The molecule has 0 spiro atoms. The van der Waals surface area contributed by atoms with E-state index < -0.39 is 0 Å². The molecule has 10 heteroatoms. The molecule has 2 aliphatic heterocycles. The normalized spacial score (nSPS) is 18.3. The Morgan fingerprint density at radius 1 is 0.763 bits per heavy atom. The summed E-state index contributed by atoms with van der Waals surface area (Å²) in [6.07, 6.45) is 6.10. The Kier molecular flexibility index (Phi) is 17.3. The molecule has 0 amide bonds. The summed E-state index contributed by atoms with van der Waals surface area (Å²) in [4.78, 5) is 4.96. The highest BCUT2D eigenvalue weighted by molar-refractivity contribution is 7.96. The third kappa shape index (κ3) is 14.0. The van der Waals surface area contributed by atoms with Crippen molar-refractivity contribution in [3.05, 3.63) is 173 Å². The van der Waals surface area contributed by atoms with Gasteiger partial charge < -0.3 is 16.2 Å². The summed E-state index contributed by atoms with van der Waals surface area (Å²) in [7, 11) is 0. The zero-order valence-electron chi connectivity index (χ0n) is 34.2. The number of likely N-dealkylation sites (tertiary alicyclic amines) is 1. The van der Waals surface area contributed by atoms with Crippen LogP contribution in [-0.4, -0.2) is 66.3 Å². The number of hydrogen-bond donors (Lipinski definition) is 3. The number of fused-ring (bicyclic) bond motifs is 1. The van der Waals surface area contributed by atoms with Gasteiger partial charge in [0.25, 0.3) is 0 Å². The van der Waals surface area contributed by atoms with Crippen LogP contribution in [0.1, 0.15) is 60.4 Å². The number of halogens is 3. The zero-order valence-corrected chi connectivity index (χ0v) is 35.0. The topological polar surface area (TPSA) is 79.8 Å². The highest BCUT2D eigenvalue weighted by atomic mass is 32.2. The lowest BCUT2D eigenvalue weighted by Crippen LogP contribution is -2.45. The summed E-state index contributed by atoms with van der Waals surface area (Å²) >= 11 is 1.78. The Morgan fingerprint density at radius 2 is 1.42 bits per heavy atom. The monoisotopic (exact) mass is 823 g/mol. The average Bonchev–Trinajstić information content (AvgIpc) is 3.72. The Morgan fingerprint density at radius 3 is 2.14 bits per heavy atom. The number of rotatable bonds is 18. The van der Waals surface area contributed by atoms with Crippen molar-refractivity contribution in [1.29, 1.82) is 0 Å². The maximum Gasteiger partial charge on any atom is 0.126 e. The largest absolute Gasteiger partial charge is 0.492 e. The second-order valence-electron chi connectivity index (χ2n) is 16.0. The van der Waals surface area contributed by atoms with Gasteiger partial charge >= 0.3 is 0 Å². The van der Waals surface area contributed by atoms with Gasteiger partial charge in [0.1, 0.15) is 29.8 Å². The van der Waals surface area contributed by atoms with E-state index in [1.54, 1.807) is 42.3 Å². The molecule has 0 aromatic heterocycles. The SMILES string of the molecule is CC(C[C@H](N)Cc1ccccc1F)N1CCC[C@H]1CNSCc1ccccc1.N[C@@H](CCN1Cc2ccccc2C[C@H]1COc1cccc(F)c1)Cc1ccccc1F. The fourth-order valence-corrected chi connectivity index (χ4v) is 9.09. The van der Waals surface area contributed by atoms with Crippen LogP contribution in [0.3, 0.4) is 0 Å². The fourth-order valence-electron chi connectivity index (χ4n) is 8.32. The van der Waals surface area contributed by atoms with Gasteiger partial charge in [0.2, 0.25) is 0 Å². The van der Waals surface area contributed by atoms with Crippen LogP contribution >= 0.6 is 11.9 Å². The first-order valence-electron chi connectivity index (χ1n) is 21.0. The van der Waals surface area contributed by atoms with E-state index in [9.17, 15) is 13.2 Å². The smallest absolute Gasteiger partial charge is 0.126 e. The summed E-state index contributed by atoms with van der Waals surface area (Å²) in [6, 6.07) is 40.0. The van der Waals surface area contributed by atoms with Gasteiger partial charge in [0.05, 0.1) is 0 Å². The number of nitrogens with one attached hydrogen (secondary N) is 1. The van der Waals surface area contributed by atoms with E-state index >= 15 is 0 Å². The Bertz CT molecular complexity index is 2010. The van der Waals surface area contributed by atoms with Gasteiger partial charge in [-0.1, -0.05) is 109 Å². The second kappa shape index (κ2) is 23.0. The van der Waals surface area contributed by atoms with Crippen LogP contribution < -0.4 is 20.9 Å². The molecule has 0 radical (unpaired) electrons. The van der Waals surface area contributed by atoms with Crippen LogP contribution in [0, 0.1) is 17.5 Å². The molecule has 1 fully saturated rings. The number of nitrogens with two attached hydrogens (primary N) is 2. The molecule has 5 aromatic rings. The van der Waals surface area contributed by atoms with Crippen LogP contribution in [0.2, 0.25) is 0 Å². The minimum absolute atomic E-state index is 0.0198. The highest BCUT2D eigenvalue weighted by Crippen LogP contribution is 2.26. The van der Waals surface area contributed by atoms with Crippen LogP contribution in [0.5, 0.6) is 5.75 Å². The third-order valence-electron chi connectivity index (χ3n) is 11.5. The van der Waals surface area contributed by atoms with Gasteiger partial charge in [-0.2, -0.15) is 0 Å². The van der Waals surface area contributed by atoms with Gasteiger partial charge in [-0.15, -0.1) is 0 Å². The van der Waals surface area contributed by atoms with E-state index in [1.807, 2.05) is 18.2 Å². The Balaban J connectivity index is 0.000000199. The van der Waals surface area contributed by atoms with Crippen molar-refractivity contribution in [2.75, 3.05) is 26.2 Å². The van der Waals surface area contributed by atoms with Crippen molar-refractivity contribution in [3.63, 3.8) is 0 Å². The number of benzene rings is 5. The molecule has 6 nitrogen and oxygen atoms in total. The summed E-state index contributed by atoms with van der Waals surface area (Å²) in [5.41, 5.74) is 18.1. The molecule has 0 aliphatic carbocycles. The van der Waals surface area contributed by atoms with E-state index in [0.29, 0.717) is 42.8 Å². The summed E-state index contributed by atoms with van der Waals surface area (Å²) < 4.78 is 50.8. The summed E-state index contributed by atoms with van der Waals surface area (Å²) in [6.45, 7) is 6.46. The van der Waals surface area contributed by atoms with E-state index in [4.69, 9.17) is 16.2 Å². The molecule has 2 heterocycles. The van der Waals surface area contributed by atoms with Gasteiger partial charge in [-0.25, -0.2) is 13.2 Å². The highest BCUT2D eigenvalue weighted by Gasteiger charge is 2.30. The standard InChI is InChI=1S/C26H28F2N2O.C23H32FN3S/c27-22-9-5-10-25(16-22)31-18-24-15-19-6-1-2-8-21(19)17-30(24)13-12-23(29)14-20-7-3-4-11-26(20)28;1-18(14-21(25)15-20-10-5-6-12-23(20)24)27-13-7-11-22(27)16-26-28-17-19-8-3-2-4-9-19/h1-11,16,23-24H,12-15,17-18,29H2;2-6,8-10,12,18,21-22,26H,7,11,13-17,25H2,1H3/t23-,24-;18?,21-,22-/m00/s1. The third-order valence-corrected chi connectivity index (χ3v) is 12.4. The Labute approximate surface area is 353 Å². The molecule has 7 rings (SSSR count). The molecule has 1 unspecified atom stereocenters. The maximum absolute atomic E-state index is 14.0. The predicted octanol–water partition coefficient (Wildman–Crippen LogP) is 9.11. The first-order chi connectivity index (χ1) is 28.7. The van der Waals surface area contributed by atoms with E-state index in [-0.39, 0.29) is 35.6 Å². The van der Waals surface area contributed by atoms with Gasteiger partial charge in [-0.3, -0.25) is 14.5 Å². The maximum atomic E-state index is 14.0. The molecule has 5 N–H and O–H groups in total. The first-order valence-corrected chi connectivity index (χ1v) is 22.0. The van der Waals surface area contributed by atoms with E-state index in [0.717, 1.165) is 56.8 Å². The van der Waals surface area contributed by atoms with Crippen LogP contribution in [0.15, 0.2) is 127 Å². The molecular weight excluding hydrogens is 764 g/mol. The number of nitrogens with zero attached hydrogens (tertiary/aromatic N) is 2. The molecular formula is C49H60F3N5OS. The zero-order chi connectivity index (χ0) is 41.4. The van der Waals surface area contributed by atoms with Crippen LogP contribution in [0.25, 0.3) is 0 Å². The molecule has 314 valence electrons. The molecule has 1 saturated heterocycles. The molecule has 5 aromatic carbocycles. The van der Waals surface area contributed by atoms with E-state index in [2.05, 4.69) is 76.0 Å². The fraction of sp³-hybridized carbons (Fsp3) is 0.388. The molecule has 59 heavy (non-hydrogen) atoms. The minimum atomic E-state index is -0.303. The van der Waals surface area contributed by atoms with Crippen molar-refractivity contribution in [3.8, 4) is 5.75 Å². The van der Waals surface area contributed by atoms with E-state index in [1.165, 1.54) is 53.8 Å². The van der Waals surface area contributed by atoms with Crippen LogP contribution in [-0.2, 0) is 31.6 Å². The van der Waals surface area contributed by atoms with Crippen molar-refractivity contribution in [2.45, 2.75) is 94.4 Å². The Hall–Kier alpha value is -4.16. The lowest BCUT2D eigenvalue weighted by atomic mass is 9.93. The van der Waals surface area contributed by atoms with Crippen LogP contribution in [0.4, 0.5) is 13.2 Å². The lowest BCUT2D eigenvalue weighted by Gasteiger charge is -2.37. The molecule has 0 saturated carbocycles. The quantitative estimate of drug-likeness (QED) is 0.0602. The minimum Gasteiger partial charge on any atom is -0.492 e. The number of hydrogen-bond acceptors (Lipinski definition) is 7. The predicted molar refractivity (Wildman–Crippen MR) is 237 cm³/mol. The first kappa shape index (κ1) is 44.4. The number of ether oxygens (including phenoxy) is 1. The summed E-state index contributed by atoms with van der Waals surface area (Å²) in [5.74, 6) is 0.865. The lowest BCUT2D eigenvalue weighted by molar-refractivity contribution is 0.113. The molecule has 5 atom stereocenters. The average molecular weight is 824 g/mol. The van der Waals surface area contributed by atoms with Crippen molar-refractivity contribution in [1.82, 2.24) is 14.5 Å². The molecule has 0 bridgehead atoms. The van der Waals surface area contributed by atoms with Gasteiger partial charge in [0.15, 0.2) is 0 Å². The van der Waals surface area contributed by atoms with Crippen molar-refractivity contribution in [2.24, 2.45) is 11.5 Å². The second-order valence-corrected chi connectivity index (χ2v) is 16.9. The van der Waals surface area contributed by atoms with Crippen molar-refractivity contribution >= 4 is 11.9 Å².